The van der Waals surface area contributed by atoms with E-state index in [2.05, 4.69) is 72.3 Å². The largest absolute Gasteiger partial charge is 0.431 e. The van der Waals surface area contributed by atoms with Crippen LogP contribution in [0.15, 0.2) is 121 Å². The second-order valence-corrected chi connectivity index (χ2v) is 18.9. The molecule has 2 aromatic heterocycles. The minimum absolute atomic E-state index is 0.0630. The summed E-state index contributed by atoms with van der Waals surface area (Å²) >= 11 is 0. The molecule has 8 atom stereocenters. The van der Waals surface area contributed by atoms with Gasteiger partial charge < -0.3 is 40.7 Å². The zero-order valence-corrected chi connectivity index (χ0v) is 37.4. The molecule has 0 bridgehead atoms. The number of amides is 4. The van der Waals surface area contributed by atoms with E-state index in [1.165, 1.54) is 0 Å². The van der Waals surface area contributed by atoms with Crippen LogP contribution in [0.2, 0.25) is 0 Å². The molecule has 4 amide bonds. The molecule has 2 aliphatic heterocycles. The third-order valence-electron chi connectivity index (χ3n) is 14.7. The average molecular weight is 905 g/mol. The van der Waals surface area contributed by atoms with Gasteiger partial charge in [0.15, 0.2) is 0 Å². The van der Waals surface area contributed by atoms with E-state index in [9.17, 15) is 19.2 Å². The van der Waals surface area contributed by atoms with Crippen LogP contribution in [-0.4, -0.2) is 65.8 Å². The molecule has 2 aliphatic carbocycles. The fraction of sp³-hybridized carbons (Fsp3) is 0.259. The number of carbonyl (C=O) groups is 4. The molecule has 6 aromatic carbocycles. The Morgan fingerprint density at radius 3 is 1.57 bits per heavy atom. The number of benzene rings is 6. The van der Waals surface area contributed by atoms with E-state index >= 15 is 0 Å². The number of nitrogens with zero attached hydrogens (tertiary/aromatic N) is 4. The van der Waals surface area contributed by atoms with Crippen LogP contribution in [0.4, 0.5) is 9.59 Å². The molecule has 8 aromatic rings. The summed E-state index contributed by atoms with van der Waals surface area (Å²) in [7, 11) is 0. The Kier molecular flexibility index (Phi) is 9.64. The maximum Gasteiger partial charge on any atom is 0.405 e. The summed E-state index contributed by atoms with van der Waals surface area (Å²) in [6.45, 7) is 4.31. The molecule has 4 aliphatic rings. The number of H-pyrrole nitrogens is 2. The number of hydrogen-bond acceptors (Lipinski definition) is 8. The lowest BCUT2D eigenvalue weighted by Gasteiger charge is -2.29. The summed E-state index contributed by atoms with van der Waals surface area (Å²) < 4.78 is 10.8. The Morgan fingerprint density at radius 2 is 1.06 bits per heavy atom. The lowest BCUT2D eigenvalue weighted by Crippen LogP contribution is -2.39. The second-order valence-electron chi connectivity index (χ2n) is 18.9. The molecule has 2 unspecified atom stereocenters. The van der Waals surface area contributed by atoms with E-state index in [-0.39, 0.29) is 36.0 Å². The van der Waals surface area contributed by atoms with Gasteiger partial charge in [-0.2, -0.15) is 0 Å². The van der Waals surface area contributed by atoms with Crippen LogP contribution in [0.25, 0.3) is 55.1 Å². The summed E-state index contributed by atoms with van der Waals surface area (Å²) in [5.41, 5.74) is 22.0. The van der Waals surface area contributed by atoms with Crippen molar-refractivity contribution in [3.05, 3.63) is 155 Å². The van der Waals surface area contributed by atoms with Crippen molar-refractivity contribution >= 4 is 56.8 Å². The van der Waals surface area contributed by atoms with Crippen molar-refractivity contribution in [1.82, 2.24) is 29.7 Å². The van der Waals surface area contributed by atoms with Crippen molar-refractivity contribution in [2.24, 2.45) is 23.3 Å². The number of aromatic amines is 2. The van der Waals surface area contributed by atoms with E-state index in [1.54, 1.807) is 36.4 Å². The molecule has 12 rings (SSSR count). The summed E-state index contributed by atoms with van der Waals surface area (Å²) in [6.07, 6.45) is -0.896. The van der Waals surface area contributed by atoms with Crippen molar-refractivity contribution in [2.45, 2.75) is 75.9 Å². The van der Waals surface area contributed by atoms with Gasteiger partial charge in [-0.15, -0.1) is 0 Å². The number of aromatic nitrogens is 4. The zero-order chi connectivity index (χ0) is 46.5. The van der Waals surface area contributed by atoms with Crippen molar-refractivity contribution in [3.8, 4) is 22.3 Å². The number of ether oxygens (including phenoxy) is 2. The van der Waals surface area contributed by atoms with Gasteiger partial charge in [0.2, 0.25) is 12.2 Å². The van der Waals surface area contributed by atoms with Crippen LogP contribution >= 0.6 is 0 Å². The SMILES string of the molecule is Cc1cc2cc(-c3ccc4nc([C@@H]5C[C@H]6CC6N5C(=O)[C@H](OC(N)=O)c5ccccc5)[nH]c4c3)ccc2c(C)c1-c1ccc2nc([C@@H]3C[C@H]4CC4N3C(=O)[C@H](OC(N)=O)c3ccccc3)[nH]c2c1. The van der Waals surface area contributed by atoms with E-state index in [1.807, 2.05) is 46.2 Å². The molecule has 2 saturated heterocycles. The topological polar surface area (TPSA) is 203 Å². The maximum atomic E-state index is 14.2. The van der Waals surface area contributed by atoms with Gasteiger partial charge in [0.1, 0.15) is 11.6 Å². The number of piperidine rings is 2. The number of rotatable bonds is 10. The number of nitrogens with one attached hydrogen (secondary N) is 2. The van der Waals surface area contributed by atoms with Crippen LogP contribution in [0.5, 0.6) is 0 Å². The van der Waals surface area contributed by atoms with Crippen LogP contribution in [-0.2, 0) is 19.1 Å². The summed E-state index contributed by atoms with van der Waals surface area (Å²) in [4.78, 5) is 73.0. The molecule has 14 heteroatoms. The molecule has 14 nitrogen and oxygen atoms in total. The molecule has 4 fully saturated rings. The highest BCUT2D eigenvalue weighted by molar-refractivity contribution is 5.97. The number of fused-ring (bicyclic) bond motifs is 5. The molecular formula is C54H48N8O6. The highest BCUT2D eigenvalue weighted by Crippen LogP contribution is 2.55. The molecule has 4 heterocycles. The zero-order valence-electron chi connectivity index (χ0n) is 37.4. The summed E-state index contributed by atoms with van der Waals surface area (Å²) in [6, 6.07) is 38.8. The highest BCUT2D eigenvalue weighted by atomic mass is 16.6. The number of hydrogen-bond donors (Lipinski definition) is 4. The standard InChI is InChI=1S/C54H48N8O6/c1-27-19-34-20-31(32-14-17-38-40(21-32)59-49(57-38)44-25-35-23-42(35)61(44)51(63)47(67-53(55)65)29-9-5-3-6-10-29)13-16-37(34)28(2)46(27)33-15-18-39-41(22-33)60-50(58-39)45-26-36-24-43(36)62(45)52(64)48(68-54(56)66)30-11-7-4-8-12-30/h3-22,35-36,42-45,47-48H,23-26H2,1-2H3,(H2,55,65)(H2,56,66)(H,57,59)(H,58,60)/t35-,36-,42?,43?,44+,45+,47-,48-/m1/s1. The van der Waals surface area contributed by atoms with Gasteiger partial charge in [0.05, 0.1) is 34.2 Å². The molecule has 340 valence electrons. The van der Waals surface area contributed by atoms with Crippen LogP contribution in [0.1, 0.15) is 83.9 Å². The quantitative estimate of drug-likeness (QED) is 0.104. The minimum atomic E-state index is -1.14. The highest BCUT2D eigenvalue weighted by Gasteiger charge is 2.58. The number of nitrogens with two attached hydrogens (primary N) is 2. The maximum absolute atomic E-state index is 14.2. The summed E-state index contributed by atoms with van der Waals surface area (Å²) in [5.74, 6) is 1.57. The van der Waals surface area contributed by atoms with Crippen molar-refractivity contribution in [3.63, 3.8) is 0 Å². The van der Waals surface area contributed by atoms with Crippen LogP contribution in [0, 0.1) is 25.7 Å². The lowest BCUT2D eigenvalue weighted by atomic mass is 9.89. The van der Waals surface area contributed by atoms with E-state index < -0.39 is 24.4 Å². The third-order valence-corrected chi connectivity index (χ3v) is 14.7. The lowest BCUT2D eigenvalue weighted by molar-refractivity contribution is -0.143. The van der Waals surface area contributed by atoms with E-state index in [4.69, 9.17) is 30.9 Å². The van der Waals surface area contributed by atoms with Crippen LogP contribution in [0.3, 0.4) is 0 Å². The molecule has 68 heavy (non-hydrogen) atoms. The predicted molar refractivity (Wildman–Crippen MR) is 255 cm³/mol. The Morgan fingerprint density at radius 1 is 0.588 bits per heavy atom. The minimum Gasteiger partial charge on any atom is -0.431 e. The smallest absolute Gasteiger partial charge is 0.405 e. The molecule has 0 spiro atoms. The number of primary amides is 2. The molecular weight excluding hydrogens is 857 g/mol. The first kappa shape index (κ1) is 41.4. The Labute approximate surface area is 390 Å². The number of carbonyl (C=O) groups excluding carboxylic acids is 4. The van der Waals surface area contributed by atoms with Gasteiger partial charge in [0.25, 0.3) is 11.8 Å². The monoisotopic (exact) mass is 904 g/mol. The Bertz CT molecular complexity index is 3370. The first-order valence-corrected chi connectivity index (χ1v) is 23.2. The number of imidazole rings is 2. The van der Waals surface area contributed by atoms with Gasteiger partial charge in [-0.1, -0.05) is 91.0 Å². The Hall–Kier alpha value is -8.00. The average Bonchev–Trinajstić information content (AvgIpc) is 4.00. The normalized spacial score (nSPS) is 22.2. The third kappa shape index (κ3) is 7.09. The first-order chi connectivity index (χ1) is 33.0. The predicted octanol–water partition coefficient (Wildman–Crippen LogP) is 9.54. The van der Waals surface area contributed by atoms with Gasteiger partial charge in [0, 0.05) is 23.2 Å². The molecule has 2 saturated carbocycles. The molecule has 0 radical (unpaired) electrons. The first-order valence-electron chi connectivity index (χ1n) is 23.2. The fourth-order valence-corrected chi connectivity index (χ4v) is 11.4. The van der Waals surface area contributed by atoms with Gasteiger partial charge in [-0.05, 0) is 126 Å². The number of aryl methyl sites for hydroxylation is 2. The van der Waals surface area contributed by atoms with E-state index in [0.29, 0.717) is 34.6 Å². The van der Waals surface area contributed by atoms with E-state index in [0.717, 1.165) is 91.9 Å². The molecule has 6 N–H and O–H groups in total. The Balaban J connectivity index is 0.805. The van der Waals surface area contributed by atoms with Gasteiger partial charge in [-0.3, -0.25) is 9.59 Å². The van der Waals surface area contributed by atoms with Crippen molar-refractivity contribution in [2.75, 3.05) is 0 Å². The van der Waals surface area contributed by atoms with Crippen LogP contribution < -0.4 is 11.5 Å². The van der Waals surface area contributed by atoms with Crippen molar-refractivity contribution in [1.29, 1.82) is 0 Å². The number of likely N-dealkylation sites (tertiary alicyclic amines) is 2. The fourth-order valence-electron chi connectivity index (χ4n) is 11.4. The van der Waals surface area contributed by atoms with Gasteiger partial charge in [-0.25, -0.2) is 19.6 Å². The summed E-state index contributed by atoms with van der Waals surface area (Å²) in [5, 5.41) is 2.27. The second kappa shape index (κ2) is 15.8. The van der Waals surface area contributed by atoms with Crippen molar-refractivity contribution < 1.29 is 28.7 Å². The van der Waals surface area contributed by atoms with Gasteiger partial charge >= 0.3 is 12.2 Å².